The van der Waals surface area contributed by atoms with Gasteiger partial charge in [0.15, 0.2) is 0 Å². The highest BCUT2D eigenvalue weighted by Crippen LogP contribution is 2.21. The second-order valence-electron chi connectivity index (χ2n) is 3.49. The van der Waals surface area contributed by atoms with E-state index < -0.39 is 9.05 Å². The standard InChI is InChI=1S/C10H8BrClN2O2S/c1-7-4-8(11)2-3-10(7)14-6-9(5-13-14)17(12,15)16/h2-6H,1H3. The normalized spacial score (nSPS) is 11.7. The van der Waals surface area contributed by atoms with Crippen molar-refractivity contribution in [3.8, 4) is 5.69 Å². The van der Waals surface area contributed by atoms with Gasteiger partial charge < -0.3 is 0 Å². The van der Waals surface area contributed by atoms with E-state index in [1.165, 1.54) is 17.1 Å². The number of halogens is 2. The zero-order valence-corrected chi connectivity index (χ0v) is 11.9. The summed E-state index contributed by atoms with van der Waals surface area (Å²) in [5.74, 6) is 0. The molecular formula is C10H8BrClN2O2S. The number of rotatable bonds is 2. The Morgan fingerprint density at radius 1 is 1.41 bits per heavy atom. The molecule has 4 nitrogen and oxygen atoms in total. The van der Waals surface area contributed by atoms with E-state index in [2.05, 4.69) is 21.0 Å². The Bertz CT molecular complexity index is 667. The van der Waals surface area contributed by atoms with E-state index in [1.54, 1.807) is 0 Å². The molecule has 0 fully saturated rings. The zero-order chi connectivity index (χ0) is 12.6. The number of benzene rings is 1. The van der Waals surface area contributed by atoms with Crippen LogP contribution in [0.4, 0.5) is 0 Å². The first-order valence-electron chi connectivity index (χ1n) is 4.64. The molecule has 0 amide bonds. The fraction of sp³-hybridized carbons (Fsp3) is 0.100. The lowest BCUT2D eigenvalue weighted by molar-refractivity contribution is 0.609. The van der Waals surface area contributed by atoms with Gasteiger partial charge in [-0.2, -0.15) is 5.10 Å². The lowest BCUT2D eigenvalue weighted by Gasteiger charge is -2.05. The molecule has 0 aliphatic rings. The van der Waals surface area contributed by atoms with Crippen LogP contribution in [0.25, 0.3) is 5.69 Å². The molecule has 0 saturated heterocycles. The molecule has 0 spiro atoms. The fourth-order valence-corrected chi connectivity index (χ4v) is 2.55. The Morgan fingerprint density at radius 3 is 2.65 bits per heavy atom. The second-order valence-corrected chi connectivity index (χ2v) is 6.97. The predicted molar refractivity (Wildman–Crippen MR) is 69.0 cm³/mol. The maximum atomic E-state index is 11.1. The third kappa shape index (κ3) is 2.70. The van der Waals surface area contributed by atoms with Crippen LogP contribution in [0.15, 0.2) is 40.0 Å². The molecular weight excluding hydrogens is 328 g/mol. The van der Waals surface area contributed by atoms with Crippen LogP contribution >= 0.6 is 26.6 Å². The van der Waals surface area contributed by atoms with E-state index in [0.717, 1.165) is 15.7 Å². The Balaban J connectivity index is 2.51. The molecule has 0 bridgehead atoms. The molecule has 0 N–H and O–H groups in total. The van der Waals surface area contributed by atoms with Crippen molar-refractivity contribution >= 4 is 35.7 Å². The lowest BCUT2D eigenvalue weighted by atomic mass is 10.2. The van der Waals surface area contributed by atoms with Crippen molar-refractivity contribution in [2.45, 2.75) is 11.8 Å². The maximum absolute atomic E-state index is 11.1. The monoisotopic (exact) mass is 334 g/mol. The summed E-state index contributed by atoms with van der Waals surface area (Å²) in [6.07, 6.45) is 2.61. The van der Waals surface area contributed by atoms with Gasteiger partial charge in [-0.05, 0) is 30.7 Å². The minimum absolute atomic E-state index is 0.0125. The van der Waals surface area contributed by atoms with Gasteiger partial charge >= 0.3 is 0 Å². The molecule has 2 aromatic rings. The molecule has 1 aromatic heterocycles. The Hall–Kier alpha value is -0.850. The van der Waals surface area contributed by atoms with Crippen molar-refractivity contribution in [3.05, 3.63) is 40.6 Å². The Morgan fingerprint density at radius 2 is 2.12 bits per heavy atom. The average Bonchev–Trinajstić information content (AvgIpc) is 2.65. The highest BCUT2D eigenvalue weighted by Gasteiger charge is 2.13. The van der Waals surface area contributed by atoms with Gasteiger partial charge in [-0.3, -0.25) is 0 Å². The second kappa shape index (κ2) is 4.44. The third-order valence-electron chi connectivity index (χ3n) is 2.25. The van der Waals surface area contributed by atoms with Gasteiger partial charge in [-0.15, -0.1) is 0 Å². The van der Waals surface area contributed by atoms with Gasteiger partial charge in [-0.25, -0.2) is 13.1 Å². The third-order valence-corrected chi connectivity index (χ3v) is 4.05. The molecule has 0 atom stereocenters. The summed E-state index contributed by atoms with van der Waals surface area (Å²) in [5, 5.41) is 3.98. The van der Waals surface area contributed by atoms with Crippen LogP contribution in [-0.4, -0.2) is 18.2 Å². The SMILES string of the molecule is Cc1cc(Br)ccc1-n1cc(S(=O)(=O)Cl)cn1. The molecule has 1 aromatic carbocycles. The highest BCUT2D eigenvalue weighted by atomic mass is 79.9. The molecule has 0 saturated carbocycles. The van der Waals surface area contributed by atoms with Crippen molar-refractivity contribution < 1.29 is 8.42 Å². The first kappa shape index (κ1) is 12.6. The topological polar surface area (TPSA) is 52.0 Å². The zero-order valence-electron chi connectivity index (χ0n) is 8.76. The number of hydrogen-bond acceptors (Lipinski definition) is 3. The van der Waals surface area contributed by atoms with E-state index in [1.807, 2.05) is 25.1 Å². The minimum Gasteiger partial charge on any atom is -0.239 e. The van der Waals surface area contributed by atoms with E-state index in [0.29, 0.717) is 0 Å². The van der Waals surface area contributed by atoms with Crippen molar-refractivity contribution in [3.63, 3.8) is 0 Å². The summed E-state index contributed by atoms with van der Waals surface area (Å²) in [6.45, 7) is 1.91. The van der Waals surface area contributed by atoms with Crippen LogP contribution in [0.3, 0.4) is 0 Å². The largest absolute Gasteiger partial charge is 0.264 e. The summed E-state index contributed by atoms with van der Waals surface area (Å²) in [5.41, 5.74) is 1.78. The summed E-state index contributed by atoms with van der Waals surface area (Å²) >= 11 is 3.36. The predicted octanol–water partition coefficient (Wildman–Crippen LogP) is 2.87. The molecule has 2 rings (SSSR count). The van der Waals surface area contributed by atoms with E-state index >= 15 is 0 Å². The summed E-state index contributed by atoms with van der Waals surface area (Å²) in [6, 6.07) is 5.63. The highest BCUT2D eigenvalue weighted by molar-refractivity contribution is 9.10. The van der Waals surface area contributed by atoms with Crippen LogP contribution < -0.4 is 0 Å². The van der Waals surface area contributed by atoms with Gasteiger partial charge in [0.1, 0.15) is 4.90 Å². The lowest BCUT2D eigenvalue weighted by Crippen LogP contribution is -1.97. The van der Waals surface area contributed by atoms with E-state index in [9.17, 15) is 8.42 Å². The van der Waals surface area contributed by atoms with Crippen LogP contribution in [-0.2, 0) is 9.05 Å². The van der Waals surface area contributed by atoms with Crippen LogP contribution in [0.2, 0.25) is 0 Å². The molecule has 0 radical (unpaired) electrons. The van der Waals surface area contributed by atoms with Gasteiger partial charge in [0.05, 0.1) is 18.1 Å². The number of aromatic nitrogens is 2. The summed E-state index contributed by atoms with van der Waals surface area (Å²) in [7, 11) is 1.50. The maximum Gasteiger partial charge on any atom is 0.264 e. The minimum atomic E-state index is -3.73. The fourth-order valence-electron chi connectivity index (χ4n) is 1.44. The van der Waals surface area contributed by atoms with Crippen LogP contribution in [0, 0.1) is 6.92 Å². The quantitative estimate of drug-likeness (QED) is 0.793. The first-order valence-corrected chi connectivity index (χ1v) is 7.74. The summed E-state index contributed by atoms with van der Waals surface area (Å²) < 4.78 is 24.7. The molecule has 0 aliphatic heterocycles. The molecule has 1 heterocycles. The van der Waals surface area contributed by atoms with Crippen LogP contribution in [0.5, 0.6) is 0 Å². The van der Waals surface area contributed by atoms with E-state index in [-0.39, 0.29) is 4.90 Å². The van der Waals surface area contributed by atoms with Gasteiger partial charge in [0.25, 0.3) is 9.05 Å². The average molecular weight is 336 g/mol. The molecule has 0 aliphatic carbocycles. The number of nitrogens with zero attached hydrogens (tertiary/aromatic N) is 2. The van der Waals surface area contributed by atoms with Gasteiger partial charge in [0.2, 0.25) is 0 Å². The smallest absolute Gasteiger partial charge is 0.239 e. The molecule has 7 heteroatoms. The van der Waals surface area contributed by atoms with E-state index in [4.69, 9.17) is 10.7 Å². The molecule has 17 heavy (non-hydrogen) atoms. The van der Waals surface area contributed by atoms with Crippen molar-refractivity contribution in [2.24, 2.45) is 0 Å². The number of aryl methyl sites for hydroxylation is 1. The van der Waals surface area contributed by atoms with Crippen LogP contribution in [0.1, 0.15) is 5.56 Å². The summed E-state index contributed by atoms with van der Waals surface area (Å²) in [4.78, 5) is -0.0125. The molecule has 0 unspecified atom stereocenters. The Labute approximate surface area is 112 Å². The van der Waals surface area contributed by atoms with Crippen molar-refractivity contribution in [1.29, 1.82) is 0 Å². The molecule has 90 valence electrons. The van der Waals surface area contributed by atoms with Crippen molar-refractivity contribution in [2.75, 3.05) is 0 Å². The van der Waals surface area contributed by atoms with Crippen molar-refractivity contribution in [1.82, 2.24) is 9.78 Å². The Kier molecular flexibility index (Phi) is 3.29. The number of hydrogen-bond donors (Lipinski definition) is 0. The van der Waals surface area contributed by atoms with Gasteiger partial charge in [0, 0.05) is 15.2 Å². The first-order chi connectivity index (χ1) is 7.88. The van der Waals surface area contributed by atoms with Gasteiger partial charge in [-0.1, -0.05) is 15.9 Å².